The molecule has 198 valence electrons. The maximum atomic E-state index is 11.2. The highest BCUT2D eigenvalue weighted by Gasteiger charge is 2.42. The Balaban J connectivity index is 1.38. The molecule has 5 aromatic rings. The van der Waals surface area contributed by atoms with Crippen molar-refractivity contribution in [3.8, 4) is 17.2 Å². The number of benzene rings is 3. The molecule has 0 aliphatic carbocycles. The van der Waals surface area contributed by atoms with Gasteiger partial charge in [0, 0.05) is 41.6 Å². The Kier molecular flexibility index (Phi) is 6.71. The predicted octanol–water partition coefficient (Wildman–Crippen LogP) is 7.06. The molecule has 8 nitrogen and oxygen atoms in total. The Morgan fingerprint density at radius 1 is 0.875 bits per heavy atom. The third kappa shape index (κ3) is 4.90. The van der Waals surface area contributed by atoms with Crippen molar-refractivity contribution >= 4 is 28.7 Å². The molecule has 0 amide bonds. The Morgan fingerprint density at radius 3 is 2.20 bits per heavy atom. The van der Waals surface area contributed by atoms with Crippen LogP contribution in [-0.4, -0.2) is 19.6 Å². The zero-order valence-electron chi connectivity index (χ0n) is 21.5. The number of hydrogen-bond donors (Lipinski definition) is 1. The van der Waals surface area contributed by atoms with E-state index in [9.17, 15) is 10.1 Å². The number of anilines is 1. The fourth-order valence-corrected chi connectivity index (χ4v) is 5.30. The standard InChI is InChI=1S/C31H25N5O3S/c1-21-7-15-25(16-8-21)39-26-17-13-23(14-18-26)35-30(29(33-31(35)40)27-5-2-3-19-32-27)28-6-4-20-34(28)22-9-11-24(12-10-22)36(37)38/h2-20,29-30H,1H3,(H,33,40)/t29-,30+/m0/s1. The van der Waals surface area contributed by atoms with E-state index in [2.05, 4.69) is 15.2 Å². The first kappa shape index (κ1) is 25.3. The molecule has 1 aliphatic rings. The van der Waals surface area contributed by atoms with Crippen molar-refractivity contribution in [2.45, 2.75) is 19.0 Å². The number of nitrogens with zero attached hydrogens (tertiary/aromatic N) is 4. The van der Waals surface area contributed by atoms with Gasteiger partial charge < -0.3 is 19.5 Å². The van der Waals surface area contributed by atoms with Gasteiger partial charge in [-0.2, -0.15) is 0 Å². The highest BCUT2D eigenvalue weighted by molar-refractivity contribution is 7.80. The van der Waals surface area contributed by atoms with Gasteiger partial charge in [-0.15, -0.1) is 0 Å². The molecule has 3 aromatic carbocycles. The van der Waals surface area contributed by atoms with E-state index in [0.29, 0.717) is 5.11 Å². The first-order valence-corrected chi connectivity index (χ1v) is 13.2. The quantitative estimate of drug-likeness (QED) is 0.133. The molecule has 40 heavy (non-hydrogen) atoms. The van der Waals surface area contributed by atoms with Gasteiger partial charge in [0.05, 0.1) is 16.7 Å². The summed E-state index contributed by atoms with van der Waals surface area (Å²) in [6, 6.07) is 31.6. The number of ether oxygens (including phenoxy) is 1. The van der Waals surface area contributed by atoms with Gasteiger partial charge in [-0.25, -0.2) is 0 Å². The van der Waals surface area contributed by atoms with Crippen LogP contribution in [-0.2, 0) is 0 Å². The highest BCUT2D eigenvalue weighted by Crippen LogP contribution is 2.42. The third-order valence-corrected chi connectivity index (χ3v) is 7.21. The van der Waals surface area contributed by atoms with E-state index in [1.54, 1.807) is 18.3 Å². The Labute approximate surface area is 236 Å². The molecule has 2 atom stereocenters. The van der Waals surface area contributed by atoms with Crippen LogP contribution in [0.15, 0.2) is 116 Å². The lowest BCUT2D eigenvalue weighted by Crippen LogP contribution is -2.30. The maximum absolute atomic E-state index is 11.2. The monoisotopic (exact) mass is 547 g/mol. The van der Waals surface area contributed by atoms with Crippen molar-refractivity contribution in [3.63, 3.8) is 0 Å². The lowest BCUT2D eigenvalue weighted by atomic mass is 10.0. The minimum Gasteiger partial charge on any atom is -0.457 e. The maximum Gasteiger partial charge on any atom is 0.269 e. The van der Waals surface area contributed by atoms with E-state index >= 15 is 0 Å². The minimum atomic E-state index is -0.398. The van der Waals surface area contributed by atoms with Crippen LogP contribution in [0.1, 0.15) is 29.0 Å². The van der Waals surface area contributed by atoms with Crippen molar-refractivity contribution in [1.29, 1.82) is 0 Å². The number of pyridine rings is 1. The summed E-state index contributed by atoms with van der Waals surface area (Å²) in [5.74, 6) is 1.49. The van der Waals surface area contributed by atoms with Gasteiger partial charge in [0.1, 0.15) is 17.5 Å². The van der Waals surface area contributed by atoms with Crippen molar-refractivity contribution in [1.82, 2.24) is 14.9 Å². The number of rotatable bonds is 7. The van der Waals surface area contributed by atoms with Crippen LogP contribution in [0.25, 0.3) is 5.69 Å². The van der Waals surface area contributed by atoms with Crippen LogP contribution in [0.2, 0.25) is 0 Å². The molecule has 9 heteroatoms. The van der Waals surface area contributed by atoms with Gasteiger partial charge in [-0.3, -0.25) is 15.1 Å². The summed E-state index contributed by atoms with van der Waals surface area (Å²) in [5.41, 5.74) is 4.73. The molecule has 0 bridgehead atoms. The summed E-state index contributed by atoms with van der Waals surface area (Å²) < 4.78 is 8.07. The predicted molar refractivity (Wildman–Crippen MR) is 158 cm³/mol. The number of nitro benzene ring substituents is 1. The summed E-state index contributed by atoms with van der Waals surface area (Å²) in [7, 11) is 0. The second kappa shape index (κ2) is 10.6. The summed E-state index contributed by atoms with van der Waals surface area (Å²) in [6.07, 6.45) is 3.72. The van der Waals surface area contributed by atoms with Crippen molar-refractivity contribution < 1.29 is 9.66 Å². The zero-order chi connectivity index (χ0) is 27.6. The van der Waals surface area contributed by atoms with E-state index in [1.165, 1.54) is 17.7 Å². The first-order valence-electron chi connectivity index (χ1n) is 12.8. The van der Waals surface area contributed by atoms with E-state index < -0.39 is 4.92 Å². The average Bonchev–Trinajstić information content (AvgIpc) is 3.59. The molecule has 0 spiro atoms. The first-order chi connectivity index (χ1) is 19.5. The molecule has 1 saturated heterocycles. The number of aromatic nitrogens is 2. The lowest BCUT2D eigenvalue weighted by molar-refractivity contribution is -0.384. The third-order valence-electron chi connectivity index (χ3n) is 6.89. The Bertz CT molecular complexity index is 1650. The van der Waals surface area contributed by atoms with Crippen molar-refractivity contribution in [2.24, 2.45) is 0 Å². The average molecular weight is 548 g/mol. The SMILES string of the molecule is Cc1ccc(Oc2ccc(N3C(=S)N[C@@H](c4ccccn4)[C@H]3c3cccn3-c3ccc([N+](=O)[O-])cc3)cc2)cc1. The number of nitrogens with one attached hydrogen (secondary N) is 1. The fraction of sp³-hybridized carbons (Fsp3) is 0.0968. The molecule has 2 aromatic heterocycles. The zero-order valence-corrected chi connectivity index (χ0v) is 22.4. The number of nitro groups is 1. The molecule has 0 radical (unpaired) electrons. The minimum absolute atomic E-state index is 0.0436. The number of hydrogen-bond acceptors (Lipinski definition) is 5. The van der Waals surface area contributed by atoms with Gasteiger partial charge in [0.2, 0.25) is 0 Å². The summed E-state index contributed by atoms with van der Waals surface area (Å²) >= 11 is 5.88. The molecular weight excluding hydrogens is 522 g/mol. The van der Waals surface area contributed by atoms with Crippen molar-refractivity contribution in [3.05, 3.63) is 143 Å². The van der Waals surface area contributed by atoms with E-state index in [1.807, 2.05) is 96.6 Å². The van der Waals surface area contributed by atoms with Crippen LogP contribution in [0, 0.1) is 17.0 Å². The summed E-state index contributed by atoms with van der Waals surface area (Å²) in [5, 5.41) is 15.3. The molecule has 1 fully saturated rings. The van der Waals surface area contributed by atoms with Crippen LogP contribution in [0.3, 0.4) is 0 Å². The van der Waals surface area contributed by atoms with Crippen LogP contribution >= 0.6 is 12.2 Å². The molecular formula is C31H25N5O3S. The van der Waals surface area contributed by atoms with Crippen LogP contribution in [0.4, 0.5) is 11.4 Å². The number of aryl methyl sites for hydroxylation is 1. The van der Waals surface area contributed by atoms with Crippen LogP contribution < -0.4 is 15.0 Å². The summed E-state index contributed by atoms with van der Waals surface area (Å²) in [6.45, 7) is 2.04. The van der Waals surface area contributed by atoms with E-state index in [-0.39, 0.29) is 17.8 Å². The second-order valence-corrected chi connectivity index (χ2v) is 9.87. The van der Waals surface area contributed by atoms with Gasteiger partial charge in [0.25, 0.3) is 5.69 Å². The molecule has 6 rings (SSSR count). The lowest BCUT2D eigenvalue weighted by Gasteiger charge is -2.29. The molecule has 1 aliphatic heterocycles. The van der Waals surface area contributed by atoms with Gasteiger partial charge in [-0.05, 0) is 91.9 Å². The molecule has 3 heterocycles. The smallest absolute Gasteiger partial charge is 0.269 e. The molecule has 0 unspecified atom stereocenters. The number of thiocarbonyl (C=S) groups is 1. The Hall–Kier alpha value is -5.02. The fourth-order valence-electron chi connectivity index (χ4n) is 4.96. The highest BCUT2D eigenvalue weighted by atomic mass is 32.1. The second-order valence-electron chi connectivity index (χ2n) is 9.48. The molecule has 1 N–H and O–H groups in total. The van der Waals surface area contributed by atoms with Crippen LogP contribution in [0.5, 0.6) is 11.5 Å². The number of non-ortho nitro benzene ring substituents is 1. The normalized spacial score (nSPS) is 16.5. The Morgan fingerprint density at radius 2 is 1.55 bits per heavy atom. The summed E-state index contributed by atoms with van der Waals surface area (Å²) in [4.78, 5) is 17.5. The van der Waals surface area contributed by atoms with Gasteiger partial charge in [-0.1, -0.05) is 23.8 Å². The molecule has 0 saturated carbocycles. The van der Waals surface area contributed by atoms with Crippen molar-refractivity contribution in [2.75, 3.05) is 4.90 Å². The largest absolute Gasteiger partial charge is 0.457 e. The van der Waals surface area contributed by atoms with Gasteiger partial charge >= 0.3 is 0 Å². The van der Waals surface area contributed by atoms with Gasteiger partial charge in [0.15, 0.2) is 5.11 Å². The topological polar surface area (TPSA) is 85.5 Å². The van der Waals surface area contributed by atoms with E-state index in [0.717, 1.165) is 34.3 Å². The van der Waals surface area contributed by atoms with E-state index in [4.69, 9.17) is 17.0 Å².